The van der Waals surface area contributed by atoms with Crippen LogP contribution < -0.4 is 40.0 Å². The quantitative estimate of drug-likeness (QED) is 0.441. The summed E-state index contributed by atoms with van der Waals surface area (Å²) < 4.78 is 59.4. The molecule has 0 heterocycles. The largest absolute Gasteiger partial charge is 1.00 e. The van der Waals surface area contributed by atoms with Crippen molar-refractivity contribution in [1.82, 2.24) is 4.72 Å². The van der Waals surface area contributed by atoms with Crippen molar-refractivity contribution in [2.45, 2.75) is 47.6 Å². The summed E-state index contributed by atoms with van der Waals surface area (Å²) in [6, 6.07) is 3.61. The van der Waals surface area contributed by atoms with Gasteiger partial charge >= 0.3 is 29.6 Å². The van der Waals surface area contributed by atoms with Crippen molar-refractivity contribution in [3.8, 4) is 0 Å². The Bertz CT molecular complexity index is 704. The fraction of sp³-hybridized carbons (Fsp3) is 0.500. The van der Waals surface area contributed by atoms with E-state index in [1.54, 1.807) is 0 Å². The van der Waals surface area contributed by atoms with E-state index in [-0.39, 0.29) is 46.5 Å². The van der Waals surface area contributed by atoms with Crippen molar-refractivity contribution in [3.63, 3.8) is 0 Å². The SMILES string of the molecule is N[C@@H]1CCCC[C@H]1NS(=O)(=O)c1ccc(S(=O)(=O)[O-])cc1.[Na+]. The van der Waals surface area contributed by atoms with Gasteiger partial charge in [0.05, 0.1) is 9.79 Å². The van der Waals surface area contributed by atoms with Gasteiger partial charge in [0.2, 0.25) is 10.0 Å². The summed E-state index contributed by atoms with van der Waals surface area (Å²) in [5.74, 6) is 0. The van der Waals surface area contributed by atoms with Gasteiger partial charge < -0.3 is 10.3 Å². The van der Waals surface area contributed by atoms with Gasteiger partial charge in [0.15, 0.2) is 0 Å². The Morgan fingerprint density at radius 2 is 1.50 bits per heavy atom. The first kappa shape index (κ1) is 20.0. The molecule has 22 heavy (non-hydrogen) atoms. The summed E-state index contributed by atoms with van der Waals surface area (Å²) in [4.78, 5) is -0.552. The Morgan fingerprint density at radius 1 is 1.00 bits per heavy atom. The van der Waals surface area contributed by atoms with E-state index in [0.717, 1.165) is 43.5 Å². The molecule has 0 aliphatic heterocycles. The van der Waals surface area contributed by atoms with Gasteiger partial charge in [-0.1, -0.05) is 12.8 Å². The van der Waals surface area contributed by atoms with Crippen molar-refractivity contribution < 1.29 is 50.9 Å². The maximum Gasteiger partial charge on any atom is 1.00 e. The van der Waals surface area contributed by atoms with E-state index in [9.17, 15) is 21.4 Å². The molecule has 0 saturated heterocycles. The molecule has 7 nitrogen and oxygen atoms in total. The number of hydrogen-bond donors (Lipinski definition) is 2. The molecule has 1 aliphatic rings. The van der Waals surface area contributed by atoms with Crippen LogP contribution in [0.15, 0.2) is 34.1 Å². The summed E-state index contributed by atoms with van der Waals surface area (Å²) in [5, 5.41) is 0. The van der Waals surface area contributed by atoms with Crippen LogP contribution in [0, 0.1) is 0 Å². The minimum absolute atomic E-state index is 0. The minimum atomic E-state index is -4.59. The zero-order valence-corrected chi connectivity index (χ0v) is 15.9. The summed E-state index contributed by atoms with van der Waals surface area (Å²) >= 11 is 0. The predicted octanol–water partition coefficient (Wildman–Crippen LogP) is -2.86. The number of benzene rings is 1. The molecule has 0 spiro atoms. The van der Waals surface area contributed by atoms with Crippen molar-refractivity contribution >= 4 is 20.1 Å². The molecule has 3 N–H and O–H groups in total. The summed E-state index contributed by atoms with van der Waals surface area (Å²) in [7, 11) is -8.37. The van der Waals surface area contributed by atoms with Crippen molar-refractivity contribution in [2.24, 2.45) is 5.73 Å². The van der Waals surface area contributed by atoms with Gasteiger partial charge in [0, 0.05) is 12.1 Å². The Hall–Kier alpha value is 0. The average Bonchev–Trinajstić information content (AvgIpc) is 2.40. The third kappa shape index (κ3) is 5.00. The molecule has 0 amide bonds. The molecule has 0 aromatic heterocycles. The number of rotatable bonds is 4. The number of nitrogens with two attached hydrogens (primary N) is 1. The van der Waals surface area contributed by atoms with Gasteiger partial charge in [-0.3, -0.25) is 0 Å². The van der Waals surface area contributed by atoms with Gasteiger partial charge in [-0.15, -0.1) is 0 Å². The van der Waals surface area contributed by atoms with Crippen molar-refractivity contribution in [3.05, 3.63) is 24.3 Å². The Morgan fingerprint density at radius 3 is 2.00 bits per heavy atom. The molecule has 10 heteroatoms. The first-order valence-electron chi connectivity index (χ1n) is 6.54. The first-order valence-corrected chi connectivity index (χ1v) is 9.43. The van der Waals surface area contributed by atoms with Crippen LogP contribution in [0.25, 0.3) is 0 Å². The van der Waals surface area contributed by atoms with E-state index in [1.807, 2.05) is 0 Å². The van der Waals surface area contributed by atoms with E-state index in [0.29, 0.717) is 6.42 Å². The fourth-order valence-corrected chi connectivity index (χ4v) is 4.15. The maximum atomic E-state index is 12.2. The van der Waals surface area contributed by atoms with Crippen LogP contribution in [0.5, 0.6) is 0 Å². The first-order chi connectivity index (χ1) is 9.70. The summed E-state index contributed by atoms with van der Waals surface area (Å²) in [6.07, 6.45) is 3.33. The Kier molecular flexibility index (Phi) is 7.03. The average molecular weight is 356 g/mol. The smallest absolute Gasteiger partial charge is 0.744 e. The van der Waals surface area contributed by atoms with Crippen LogP contribution in [0.3, 0.4) is 0 Å². The summed E-state index contributed by atoms with van der Waals surface area (Å²) in [5.41, 5.74) is 5.90. The third-order valence-corrected chi connectivity index (χ3v) is 5.90. The van der Waals surface area contributed by atoms with E-state index in [1.165, 1.54) is 0 Å². The molecule has 1 aromatic carbocycles. The van der Waals surface area contributed by atoms with Crippen LogP contribution in [-0.4, -0.2) is 33.5 Å². The second kappa shape index (κ2) is 7.71. The zero-order valence-electron chi connectivity index (χ0n) is 12.2. The van der Waals surface area contributed by atoms with E-state index in [4.69, 9.17) is 5.73 Å². The molecular weight excluding hydrogens is 339 g/mol. The molecule has 1 aliphatic carbocycles. The molecular formula is C12H17N2NaO5S2. The van der Waals surface area contributed by atoms with Gasteiger partial charge in [-0.05, 0) is 37.1 Å². The van der Waals surface area contributed by atoms with Crippen LogP contribution in [0.2, 0.25) is 0 Å². The molecule has 0 radical (unpaired) electrons. The monoisotopic (exact) mass is 356 g/mol. The second-order valence-electron chi connectivity index (χ2n) is 5.10. The molecule has 0 unspecified atom stereocenters. The fourth-order valence-electron chi connectivity index (χ4n) is 2.36. The molecule has 2 atom stereocenters. The molecule has 2 rings (SSSR count). The topological polar surface area (TPSA) is 129 Å². The Labute approximate surface area is 152 Å². The third-order valence-electron chi connectivity index (χ3n) is 3.55. The van der Waals surface area contributed by atoms with Gasteiger partial charge in [-0.2, -0.15) is 0 Å². The summed E-state index contributed by atoms with van der Waals surface area (Å²) in [6.45, 7) is 0. The minimum Gasteiger partial charge on any atom is -0.744 e. The molecule has 1 saturated carbocycles. The van der Waals surface area contributed by atoms with E-state index < -0.39 is 25.0 Å². The van der Waals surface area contributed by atoms with Crippen molar-refractivity contribution in [2.75, 3.05) is 0 Å². The van der Waals surface area contributed by atoms with Crippen LogP contribution in [0.4, 0.5) is 0 Å². The molecule has 118 valence electrons. The molecule has 0 bridgehead atoms. The molecule has 1 aromatic rings. The van der Waals surface area contributed by atoms with E-state index in [2.05, 4.69) is 4.72 Å². The standard InChI is InChI=1S/C12H18N2O5S2.Na/c13-11-3-1-2-4-12(11)14-20(15,16)9-5-7-10(8-6-9)21(17,18)19;/h5-8,11-12,14H,1-4,13H2,(H,17,18,19);/q;+1/p-1/t11-,12-;/m1./s1. The van der Waals surface area contributed by atoms with Crippen molar-refractivity contribution in [1.29, 1.82) is 0 Å². The Balaban J connectivity index is 0.00000242. The normalized spacial score (nSPS) is 22.8. The van der Waals surface area contributed by atoms with Gasteiger partial charge in [0.25, 0.3) is 0 Å². The zero-order chi connectivity index (χ0) is 15.7. The predicted molar refractivity (Wildman–Crippen MR) is 75.0 cm³/mol. The number of nitrogens with one attached hydrogen (secondary N) is 1. The van der Waals surface area contributed by atoms with Crippen LogP contribution >= 0.6 is 0 Å². The van der Waals surface area contributed by atoms with E-state index >= 15 is 0 Å². The number of sulfonamides is 1. The van der Waals surface area contributed by atoms with Gasteiger partial charge in [-0.25, -0.2) is 21.6 Å². The number of hydrogen-bond acceptors (Lipinski definition) is 6. The maximum absolute atomic E-state index is 12.2. The van der Waals surface area contributed by atoms with Gasteiger partial charge in [0.1, 0.15) is 10.1 Å². The van der Waals surface area contributed by atoms with Crippen LogP contribution in [0.1, 0.15) is 25.7 Å². The van der Waals surface area contributed by atoms with Crippen LogP contribution in [-0.2, 0) is 20.1 Å². The second-order valence-corrected chi connectivity index (χ2v) is 8.20. The molecule has 1 fully saturated rings.